The molecule has 2 rings (SSSR count). The summed E-state index contributed by atoms with van der Waals surface area (Å²) in [5, 5.41) is 3.24. The molecule has 0 amide bonds. The second kappa shape index (κ2) is 5.40. The highest BCUT2D eigenvalue weighted by Crippen LogP contribution is 2.20. The van der Waals surface area contributed by atoms with E-state index >= 15 is 0 Å². The van der Waals surface area contributed by atoms with E-state index in [0.717, 1.165) is 16.8 Å². The monoisotopic (exact) mass is 276 g/mol. The van der Waals surface area contributed by atoms with Crippen molar-refractivity contribution in [2.45, 2.75) is 18.4 Å². The first kappa shape index (κ1) is 13.5. The van der Waals surface area contributed by atoms with Crippen molar-refractivity contribution in [3.8, 4) is 0 Å². The van der Waals surface area contributed by atoms with Crippen molar-refractivity contribution in [1.29, 1.82) is 0 Å². The molecule has 100 valence electrons. The largest absolute Gasteiger partial charge is 0.381 e. The molecule has 5 heteroatoms. The minimum Gasteiger partial charge on any atom is -0.381 e. The number of rotatable bonds is 4. The summed E-state index contributed by atoms with van der Waals surface area (Å²) in [6, 6.07) is 8.94. The third-order valence-electron chi connectivity index (χ3n) is 2.84. The smallest absolute Gasteiger partial charge is 0.175 e. The van der Waals surface area contributed by atoms with E-state index in [1.54, 1.807) is 24.5 Å². The summed E-state index contributed by atoms with van der Waals surface area (Å²) in [5.74, 6) is 0. The standard InChI is InChI=1S/C14H16N2O2S/c1-11-5-6-13(19(2,17)18)8-14(11)16-10-12-4-3-7-15-9-12/h3-9,16H,10H2,1-2H3. The van der Waals surface area contributed by atoms with Crippen LogP contribution < -0.4 is 5.32 Å². The van der Waals surface area contributed by atoms with Crippen LogP contribution in [0.4, 0.5) is 5.69 Å². The van der Waals surface area contributed by atoms with Gasteiger partial charge in [-0.2, -0.15) is 0 Å². The van der Waals surface area contributed by atoms with Gasteiger partial charge in [-0.3, -0.25) is 4.98 Å². The fourth-order valence-electron chi connectivity index (χ4n) is 1.72. The molecule has 4 nitrogen and oxygen atoms in total. The zero-order valence-electron chi connectivity index (χ0n) is 10.9. The lowest BCUT2D eigenvalue weighted by atomic mass is 10.2. The Hall–Kier alpha value is -1.88. The summed E-state index contributed by atoms with van der Waals surface area (Å²) >= 11 is 0. The van der Waals surface area contributed by atoms with Crippen molar-refractivity contribution >= 4 is 15.5 Å². The van der Waals surface area contributed by atoms with Crippen molar-refractivity contribution in [3.05, 3.63) is 53.9 Å². The first-order valence-corrected chi connectivity index (χ1v) is 7.79. The molecule has 1 N–H and O–H groups in total. The molecule has 0 aliphatic carbocycles. The molecule has 2 aromatic rings. The second-order valence-electron chi connectivity index (χ2n) is 4.46. The average molecular weight is 276 g/mol. The van der Waals surface area contributed by atoms with Gasteiger partial charge in [0.25, 0.3) is 0 Å². The van der Waals surface area contributed by atoms with E-state index in [0.29, 0.717) is 11.4 Å². The van der Waals surface area contributed by atoms with Crippen LogP contribution in [0.3, 0.4) is 0 Å². The Labute approximate surface area is 113 Å². The lowest BCUT2D eigenvalue weighted by Gasteiger charge is -2.11. The fourth-order valence-corrected chi connectivity index (χ4v) is 2.37. The maximum absolute atomic E-state index is 11.5. The number of sulfone groups is 1. The van der Waals surface area contributed by atoms with E-state index in [1.165, 1.54) is 6.26 Å². The molecular weight excluding hydrogens is 260 g/mol. The lowest BCUT2D eigenvalue weighted by molar-refractivity contribution is 0.602. The number of aryl methyl sites for hydroxylation is 1. The summed E-state index contributed by atoms with van der Waals surface area (Å²) in [7, 11) is -3.18. The molecule has 0 radical (unpaired) electrons. The Morgan fingerprint density at radius 1 is 1.26 bits per heavy atom. The van der Waals surface area contributed by atoms with Gasteiger partial charge in [-0.15, -0.1) is 0 Å². The first-order valence-electron chi connectivity index (χ1n) is 5.90. The zero-order valence-corrected chi connectivity index (χ0v) is 11.7. The predicted octanol–water partition coefficient (Wildman–Crippen LogP) is 2.41. The van der Waals surface area contributed by atoms with E-state index in [4.69, 9.17) is 0 Å². The third kappa shape index (κ3) is 3.54. The van der Waals surface area contributed by atoms with Crippen LogP contribution in [-0.4, -0.2) is 19.7 Å². The van der Waals surface area contributed by atoms with Gasteiger partial charge in [0.15, 0.2) is 9.84 Å². The van der Waals surface area contributed by atoms with Crippen molar-refractivity contribution in [2.75, 3.05) is 11.6 Å². The van der Waals surface area contributed by atoms with Crippen LogP contribution in [0.5, 0.6) is 0 Å². The number of aromatic nitrogens is 1. The highest BCUT2D eigenvalue weighted by Gasteiger charge is 2.09. The summed E-state index contributed by atoms with van der Waals surface area (Å²) in [5.41, 5.74) is 2.88. The highest BCUT2D eigenvalue weighted by atomic mass is 32.2. The predicted molar refractivity (Wildman–Crippen MR) is 75.9 cm³/mol. The highest BCUT2D eigenvalue weighted by molar-refractivity contribution is 7.90. The van der Waals surface area contributed by atoms with Gasteiger partial charge < -0.3 is 5.32 Å². The van der Waals surface area contributed by atoms with Crippen LogP contribution in [0.15, 0.2) is 47.6 Å². The molecular formula is C14H16N2O2S. The molecule has 0 atom stereocenters. The number of hydrogen-bond acceptors (Lipinski definition) is 4. The van der Waals surface area contributed by atoms with Crippen molar-refractivity contribution in [2.24, 2.45) is 0 Å². The van der Waals surface area contributed by atoms with Gasteiger partial charge in [-0.1, -0.05) is 12.1 Å². The molecule has 0 aliphatic rings. The normalized spacial score (nSPS) is 11.3. The van der Waals surface area contributed by atoms with Crippen molar-refractivity contribution in [1.82, 2.24) is 4.98 Å². The van der Waals surface area contributed by atoms with Crippen LogP contribution in [0.1, 0.15) is 11.1 Å². The molecule has 0 saturated carbocycles. The third-order valence-corrected chi connectivity index (χ3v) is 3.95. The number of nitrogens with zero attached hydrogens (tertiary/aromatic N) is 1. The van der Waals surface area contributed by atoms with Gasteiger partial charge in [0.05, 0.1) is 4.90 Å². The van der Waals surface area contributed by atoms with E-state index in [2.05, 4.69) is 10.3 Å². The maximum atomic E-state index is 11.5. The first-order chi connectivity index (χ1) is 8.97. The molecule has 1 aromatic carbocycles. The van der Waals surface area contributed by atoms with E-state index < -0.39 is 9.84 Å². The molecule has 0 fully saturated rings. The molecule has 0 spiro atoms. The van der Waals surface area contributed by atoms with Gasteiger partial charge in [0, 0.05) is 30.9 Å². The van der Waals surface area contributed by atoms with Gasteiger partial charge in [0.1, 0.15) is 0 Å². The molecule has 0 aliphatic heterocycles. The molecule has 0 saturated heterocycles. The number of anilines is 1. The van der Waals surface area contributed by atoms with Crippen LogP contribution in [-0.2, 0) is 16.4 Å². The molecule has 1 aromatic heterocycles. The molecule has 19 heavy (non-hydrogen) atoms. The zero-order chi connectivity index (χ0) is 13.9. The van der Waals surface area contributed by atoms with Crippen LogP contribution >= 0.6 is 0 Å². The second-order valence-corrected chi connectivity index (χ2v) is 6.48. The quantitative estimate of drug-likeness (QED) is 0.931. The average Bonchev–Trinajstić information content (AvgIpc) is 2.37. The minimum atomic E-state index is -3.18. The van der Waals surface area contributed by atoms with Crippen molar-refractivity contribution < 1.29 is 8.42 Å². The topological polar surface area (TPSA) is 59.1 Å². The molecule has 1 heterocycles. The Bertz CT molecular complexity index is 667. The fraction of sp³-hybridized carbons (Fsp3) is 0.214. The number of nitrogens with one attached hydrogen (secondary N) is 1. The van der Waals surface area contributed by atoms with Gasteiger partial charge in [0.2, 0.25) is 0 Å². The summed E-state index contributed by atoms with van der Waals surface area (Å²) in [6.07, 6.45) is 4.71. The summed E-state index contributed by atoms with van der Waals surface area (Å²) in [4.78, 5) is 4.37. The minimum absolute atomic E-state index is 0.326. The van der Waals surface area contributed by atoms with Gasteiger partial charge in [-0.05, 0) is 36.2 Å². The summed E-state index contributed by atoms with van der Waals surface area (Å²) in [6.45, 7) is 2.56. The SMILES string of the molecule is Cc1ccc(S(C)(=O)=O)cc1NCc1cccnc1. The Kier molecular flexibility index (Phi) is 3.85. The van der Waals surface area contributed by atoms with Gasteiger partial charge >= 0.3 is 0 Å². The van der Waals surface area contributed by atoms with E-state index in [1.807, 2.05) is 25.1 Å². The van der Waals surface area contributed by atoms with Crippen LogP contribution in [0.2, 0.25) is 0 Å². The maximum Gasteiger partial charge on any atom is 0.175 e. The summed E-state index contributed by atoms with van der Waals surface area (Å²) < 4.78 is 23.1. The van der Waals surface area contributed by atoms with Gasteiger partial charge in [-0.25, -0.2) is 8.42 Å². The molecule has 0 unspecified atom stereocenters. The van der Waals surface area contributed by atoms with E-state index in [-0.39, 0.29) is 0 Å². The Morgan fingerprint density at radius 2 is 2.05 bits per heavy atom. The van der Waals surface area contributed by atoms with Crippen molar-refractivity contribution in [3.63, 3.8) is 0 Å². The lowest BCUT2D eigenvalue weighted by Crippen LogP contribution is -2.04. The Morgan fingerprint density at radius 3 is 2.68 bits per heavy atom. The number of benzene rings is 1. The van der Waals surface area contributed by atoms with Crippen LogP contribution in [0, 0.1) is 6.92 Å². The van der Waals surface area contributed by atoms with E-state index in [9.17, 15) is 8.42 Å². The van der Waals surface area contributed by atoms with Crippen LogP contribution in [0.25, 0.3) is 0 Å². The number of pyridine rings is 1. The number of hydrogen-bond donors (Lipinski definition) is 1. The Balaban J connectivity index is 2.21. The molecule has 0 bridgehead atoms.